The summed E-state index contributed by atoms with van der Waals surface area (Å²) in [4.78, 5) is 9.65. The van der Waals surface area contributed by atoms with Crippen LogP contribution in [0, 0.1) is 12.3 Å². The summed E-state index contributed by atoms with van der Waals surface area (Å²) in [5.74, 6) is 4.44. The molecule has 2 aromatic heterocycles. The molecule has 3 aromatic rings. The van der Waals surface area contributed by atoms with Crippen LogP contribution in [-0.4, -0.2) is 50.9 Å². The number of pyridine rings is 1. The van der Waals surface area contributed by atoms with Crippen LogP contribution in [0.1, 0.15) is 54.5 Å². The van der Waals surface area contributed by atoms with Crippen LogP contribution in [0.25, 0.3) is 5.69 Å². The molecule has 0 N–H and O–H groups in total. The molecular formula is C26H29ClN6O. The van der Waals surface area contributed by atoms with Crippen LogP contribution < -0.4 is 9.64 Å². The van der Waals surface area contributed by atoms with E-state index in [-0.39, 0.29) is 0 Å². The SMILES string of the molecule is COc1ccc(C)nc1N1CC2(CC(c3nnc4n3-c3ccc(Cl)cc3CN(C3CC3)C4)C2)C1. The van der Waals surface area contributed by atoms with E-state index in [4.69, 9.17) is 26.4 Å². The van der Waals surface area contributed by atoms with E-state index in [1.807, 2.05) is 25.1 Å². The van der Waals surface area contributed by atoms with Gasteiger partial charge in [-0.1, -0.05) is 11.6 Å². The lowest BCUT2D eigenvalue weighted by Gasteiger charge is -2.59. The maximum absolute atomic E-state index is 6.40. The number of halogens is 1. The second-order valence-corrected chi connectivity index (χ2v) is 11.1. The molecule has 2 aliphatic heterocycles. The van der Waals surface area contributed by atoms with Gasteiger partial charge in [-0.05, 0) is 68.5 Å². The first kappa shape index (κ1) is 20.7. The molecule has 0 radical (unpaired) electrons. The molecule has 2 saturated carbocycles. The van der Waals surface area contributed by atoms with Gasteiger partial charge in [0.2, 0.25) is 0 Å². The minimum atomic E-state index is 0.348. The molecule has 3 fully saturated rings. The minimum absolute atomic E-state index is 0.348. The molecule has 7 nitrogen and oxygen atoms in total. The number of benzene rings is 1. The van der Waals surface area contributed by atoms with Gasteiger partial charge < -0.3 is 9.64 Å². The van der Waals surface area contributed by atoms with Gasteiger partial charge in [-0.15, -0.1) is 10.2 Å². The highest BCUT2D eigenvalue weighted by Gasteiger charge is 2.55. The van der Waals surface area contributed by atoms with Crippen molar-refractivity contribution in [2.24, 2.45) is 5.41 Å². The quantitative estimate of drug-likeness (QED) is 0.552. The van der Waals surface area contributed by atoms with Crippen molar-refractivity contribution in [2.75, 3.05) is 25.1 Å². The Morgan fingerprint density at radius 2 is 1.88 bits per heavy atom. The van der Waals surface area contributed by atoms with Crippen molar-refractivity contribution in [1.29, 1.82) is 0 Å². The number of aromatic nitrogens is 4. The lowest BCUT2D eigenvalue weighted by atomic mass is 9.57. The van der Waals surface area contributed by atoms with Crippen LogP contribution in [0.5, 0.6) is 5.75 Å². The lowest BCUT2D eigenvalue weighted by Crippen LogP contribution is -2.62. The number of anilines is 1. The Balaban J connectivity index is 1.13. The topological polar surface area (TPSA) is 59.3 Å². The van der Waals surface area contributed by atoms with E-state index in [1.54, 1.807) is 7.11 Å². The van der Waals surface area contributed by atoms with Crippen LogP contribution >= 0.6 is 11.6 Å². The minimum Gasteiger partial charge on any atom is -0.493 e. The summed E-state index contributed by atoms with van der Waals surface area (Å²) >= 11 is 6.40. The molecule has 0 amide bonds. The molecule has 0 atom stereocenters. The van der Waals surface area contributed by atoms with Gasteiger partial charge in [-0.25, -0.2) is 4.98 Å². The van der Waals surface area contributed by atoms with Crippen molar-refractivity contribution in [2.45, 2.75) is 57.7 Å². The Hall–Kier alpha value is -2.64. The summed E-state index contributed by atoms with van der Waals surface area (Å²) in [6, 6.07) is 11.0. The molecule has 1 spiro atoms. The summed E-state index contributed by atoms with van der Waals surface area (Å²) in [6.07, 6.45) is 4.84. The summed E-state index contributed by atoms with van der Waals surface area (Å²) < 4.78 is 7.90. The average Bonchev–Trinajstić information content (AvgIpc) is 3.55. The molecule has 7 rings (SSSR count). The van der Waals surface area contributed by atoms with Crippen molar-refractivity contribution >= 4 is 17.4 Å². The van der Waals surface area contributed by atoms with E-state index in [2.05, 4.69) is 31.6 Å². The maximum atomic E-state index is 6.40. The first-order chi connectivity index (χ1) is 16.5. The number of aryl methyl sites for hydroxylation is 1. The third-order valence-corrected chi connectivity index (χ3v) is 8.33. The molecule has 0 bridgehead atoms. The number of nitrogens with zero attached hydrogens (tertiary/aromatic N) is 6. The van der Waals surface area contributed by atoms with Crippen LogP contribution in [-0.2, 0) is 13.1 Å². The van der Waals surface area contributed by atoms with Crippen molar-refractivity contribution in [3.8, 4) is 11.4 Å². The summed E-state index contributed by atoms with van der Waals surface area (Å²) in [5, 5.41) is 10.2. The Morgan fingerprint density at radius 1 is 1.06 bits per heavy atom. The lowest BCUT2D eigenvalue weighted by molar-refractivity contribution is 0.0577. The fourth-order valence-corrected chi connectivity index (χ4v) is 6.46. The smallest absolute Gasteiger partial charge is 0.171 e. The Labute approximate surface area is 204 Å². The summed E-state index contributed by atoms with van der Waals surface area (Å²) in [6.45, 7) is 5.87. The molecule has 8 heteroatoms. The number of fused-ring (bicyclic) bond motifs is 3. The largest absolute Gasteiger partial charge is 0.493 e. The van der Waals surface area contributed by atoms with Gasteiger partial charge in [-0.2, -0.15) is 0 Å². The van der Waals surface area contributed by atoms with Crippen molar-refractivity contribution in [3.05, 3.63) is 58.3 Å². The van der Waals surface area contributed by atoms with Gasteiger partial charge in [0, 0.05) is 47.7 Å². The molecule has 0 unspecified atom stereocenters. The van der Waals surface area contributed by atoms with Crippen LogP contribution in [0.4, 0.5) is 5.82 Å². The van der Waals surface area contributed by atoms with Gasteiger partial charge >= 0.3 is 0 Å². The summed E-state index contributed by atoms with van der Waals surface area (Å²) in [7, 11) is 1.72. The van der Waals surface area contributed by atoms with Gasteiger partial charge in [0.15, 0.2) is 17.4 Å². The number of hydrogen-bond donors (Lipinski definition) is 0. The number of ether oxygens (including phenoxy) is 1. The molecule has 4 aliphatic rings. The molecule has 1 saturated heterocycles. The third kappa shape index (κ3) is 3.24. The number of rotatable bonds is 4. The first-order valence-electron chi connectivity index (χ1n) is 12.3. The van der Waals surface area contributed by atoms with Crippen LogP contribution in [0.15, 0.2) is 30.3 Å². The van der Waals surface area contributed by atoms with Gasteiger partial charge in [0.05, 0.1) is 19.3 Å². The average molecular weight is 477 g/mol. The van der Waals surface area contributed by atoms with Crippen LogP contribution in [0.3, 0.4) is 0 Å². The van der Waals surface area contributed by atoms with E-state index < -0.39 is 0 Å². The second kappa shape index (κ2) is 7.43. The summed E-state index contributed by atoms with van der Waals surface area (Å²) in [5.41, 5.74) is 3.85. The van der Waals surface area contributed by atoms with E-state index in [0.717, 1.165) is 73.0 Å². The van der Waals surface area contributed by atoms with E-state index in [9.17, 15) is 0 Å². The fraction of sp³-hybridized carbons (Fsp3) is 0.500. The van der Waals surface area contributed by atoms with E-state index >= 15 is 0 Å². The Bertz CT molecular complexity index is 1270. The molecule has 2 aliphatic carbocycles. The normalized spacial score (nSPS) is 21.4. The predicted molar refractivity (Wildman–Crippen MR) is 131 cm³/mol. The van der Waals surface area contributed by atoms with Gasteiger partial charge in [0.1, 0.15) is 5.82 Å². The third-order valence-electron chi connectivity index (χ3n) is 8.09. The zero-order valence-electron chi connectivity index (χ0n) is 19.7. The van der Waals surface area contributed by atoms with E-state index in [1.165, 1.54) is 24.1 Å². The van der Waals surface area contributed by atoms with Crippen molar-refractivity contribution in [1.82, 2.24) is 24.6 Å². The number of methoxy groups -OCH3 is 1. The Kier molecular flexibility index (Phi) is 4.52. The maximum Gasteiger partial charge on any atom is 0.171 e. The van der Waals surface area contributed by atoms with Crippen molar-refractivity contribution < 1.29 is 4.74 Å². The number of hydrogen-bond acceptors (Lipinski definition) is 6. The molecular weight excluding hydrogens is 448 g/mol. The molecule has 4 heterocycles. The highest BCUT2D eigenvalue weighted by molar-refractivity contribution is 6.30. The first-order valence-corrected chi connectivity index (χ1v) is 12.6. The molecule has 1 aromatic carbocycles. The zero-order chi connectivity index (χ0) is 23.0. The monoisotopic (exact) mass is 476 g/mol. The molecule has 176 valence electrons. The second-order valence-electron chi connectivity index (χ2n) is 10.7. The van der Waals surface area contributed by atoms with Crippen LogP contribution in [0.2, 0.25) is 5.02 Å². The van der Waals surface area contributed by atoms with Crippen molar-refractivity contribution in [3.63, 3.8) is 0 Å². The highest BCUT2D eigenvalue weighted by atomic mass is 35.5. The Morgan fingerprint density at radius 3 is 2.65 bits per heavy atom. The molecule has 34 heavy (non-hydrogen) atoms. The fourth-order valence-electron chi connectivity index (χ4n) is 6.27. The predicted octanol–water partition coefficient (Wildman–Crippen LogP) is 4.49. The van der Waals surface area contributed by atoms with Gasteiger partial charge in [0.25, 0.3) is 0 Å². The standard InChI is InChI=1S/C26H29ClN6O/c1-16-3-8-22(34-2)25(28-16)32-14-26(15-32)10-18(11-26)24-30-29-23-13-31(20-5-6-20)12-17-9-19(27)4-7-21(17)33(23)24/h3-4,7-9,18,20H,5-6,10-15H2,1-2H3. The van der Waals surface area contributed by atoms with E-state index in [0.29, 0.717) is 17.4 Å². The van der Waals surface area contributed by atoms with Gasteiger partial charge in [-0.3, -0.25) is 9.47 Å². The zero-order valence-corrected chi connectivity index (χ0v) is 20.4. The highest BCUT2D eigenvalue weighted by Crippen LogP contribution is 2.57.